The van der Waals surface area contributed by atoms with Crippen molar-refractivity contribution in [2.45, 2.75) is 0 Å². The van der Waals surface area contributed by atoms with Crippen LogP contribution in [0.2, 0.25) is 0 Å². The molecule has 14 heavy (non-hydrogen) atoms. The van der Waals surface area contributed by atoms with Crippen molar-refractivity contribution in [2.75, 3.05) is 5.32 Å². The Morgan fingerprint density at radius 1 is 1.21 bits per heavy atom. The topological polar surface area (TPSA) is 55.1 Å². The molecule has 1 N–H and O–H groups in total. The van der Waals surface area contributed by atoms with E-state index in [0.717, 1.165) is 5.69 Å². The van der Waals surface area contributed by atoms with E-state index in [1.165, 1.54) is 12.3 Å². The quantitative estimate of drug-likeness (QED) is 0.783. The van der Waals surface area contributed by atoms with E-state index in [2.05, 4.69) is 15.0 Å². The molecule has 0 saturated carbocycles. The van der Waals surface area contributed by atoms with Crippen LogP contribution < -0.4 is 5.32 Å². The van der Waals surface area contributed by atoms with Gasteiger partial charge in [0.2, 0.25) is 0 Å². The average Bonchev–Trinajstić information content (AvgIpc) is 2.72. The summed E-state index contributed by atoms with van der Waals surface area (Å²) in [5.41, 5.74) is 1.01. The SMILES string of the molecule is O=C(Nc1ccccc1)c1ccon1. The molecule has 2 rings (SSSR count). The van der Waals surface area contributed by atoms with Crippen molar-refractivity contribution in [1.82, 2.24) is 5.16 Å². The molecule has 1 amide bonds. The summed E-state index contributed by atoms with van der Waals surface area (Å²) < 4.78 is 4.56. The molecule has 0 saturated heterocycles. The Morgan fingerprint density at radius 2 is 2.00 bits per heavy atom. The maximum absolute atomic E-state index is 11.4. The number of benzene rings is 1. The first-order chi connectivity index (χ1) is 6.86. The Kier molecular flexibility index (Phi) is 2.27. The molecule has 70 valence electrons. The lowest BCUT2D eigenvalue weighted by Gasteiger charge is -2.00. The van der Waals surface area contributed by atoms with Gasteiger partial charge in [-0.2, -0.15) is 0 Å². The largest absolute Gasteiger partial charge is 0.364 e. The summed E-state index contributed by atoms with van der Waals surface area (Å²) in [4.78, 5) is 11.4. The number of hydrogen-bond donors (Lipinski definition) is 1. The molecular weight excluding hydrogens is 180 g/mol. The van der Waals surface area contributed by atoms with Crippen molar-refractivity contribution in [3.05, 3.63) is 48.4 Å². The number of nitrogens with one attached hydrogen (secondary N) is 1. The molecule has 0 spiro atoms. The maximum Gasteiger partial charge on any atom is 0.277 e. The summed E-state index contributed by atoms with van der Waals surface area (Å²) in [6.45, 7) is 0. The molecule has 0 fully saturated rings. The Balaban J connectivity index is 2.10. The number of amides is 1. The normalized spacial score (nSPS) is 9.71. The van der Waals surface area contributed by atoms with Crippen LogP contribution in [-0.4, -0.2) is 11.1 Å². The van der Waals surface area contributed by atoms with E-state index in [1.54, 1.807) is 12.1 Å². The Hall–Kier alpha value is -2.10. The molecule has 0 aliphatic carbocycles. The van der Waals surface area contributed by atoms with Crippen molar-refractivity contribution < 1.29 is 9.32 Å². The minimum Gasteiger partial charge on any atom is -0.364 e. The van der Waals surface area contributed by atoms with E-state index in [4.69, 9.17) is 0 Å². The number of anilines is 1. The van der Waals surface area contributed by atoms with E-state index in [-0.39, 0.29) is 11.6 Å². The highest BCUT2D eigenvalue weighted by atomic mass is 16.5. The minimum atomic E-state index is -0.273. The van der Waals surface area contributed by atoms with Gasteiger partial charge in [0.1, 0.15) is 6.26 Å². The van der Waals surface area contributed by atoms with Crippen LogP contribution >= 0.6 is 0 Å². The van der Waals surface area contributed by atoms with Gasteiger partial charge in [-0.15, -0.1) is 0 Å². The molecule has 0 bridgehead atoms. The number of rotatable bonds is 2. The third kappa shape index (κ3) is 1.80. The third-order valence-electron chi connectivity index (χ3n) is 1.70. The van der Waals surface area contributed by atoms with E-state index in [9.17, 15) is 4.79 Å². The molecule has 1 aromatic heterocycles. The second kappa shape index (κ2) is 3.74. The van der Waals surface area contributed by atoms with Crippen LogP contribution in [0.4, 0.5) is 5.69 Å². The van der Waals surface area contributed by atoms with Crippen LogP contribution in [0.1, 0.15) is 10.5 Å². The molecule has 1 aromatic carbocycles. The summed E-state index contributed by atoms with van der Waals surface area (Å²) in [6.07, 6.45) is 1.36. The predicted octanol–water partition coefficient (Wildman–Crippen LogP) is 1.93. The number of carbonyl (C=O) groups is 1. The second-order valence-corrected chi connectivity index (χ2v) is 2.70. The van der Waals surface area contributed by atoms with Gasteiger partial charge >= 0.3 is 0 Å². The van der Waals surface area contributed by atoms with Crippen molar-refractivity contribution in [2.24, 2.45) is 0 Å². The predicted molar refractivity (Wildman–Crippen MR) is 50.9 cm³/mol. The Bertz CT molecular complexity index is 409. The fourth-order valence-corrected chi connectivity index (χ4v) is 1.05. The number of hydrogen-bond acceptors (Lipinski definition) is 3. The summed E-state index contributed by atoms with van der Waals surface area (Å²) in [5, 5.41) is 6.21. The molecular formula is C10H8N2O2. The average molecular weight is 188 g/mol. The zero-order valence-corrected chi connectivity index (χ0v) is 7.31. The van der Waals surface area contributed by atoms with Crippen LogP contribution in [0.15, 0.2) is 47.2 Å². The van der Waals surface area contributed by atoms with Crippen molar-refractivity contribution in [1.29, 1.82) is 0 Å². The van der Waals surface area contributed by atoms with Crippen LogP contribution in [0, 0.1) is 0 Å². The number of carbonyl (C=O) groups excluding carboxylic acids is 1. The van der Waals surface area contributed by atoms with E-state index in [0.29, 0.717) is 0 Å². The van der Waals surface area contributed by atoms with Crippen molar-refractivity contribution in [3.8, 4) is 0 Å². The van der Waals surface area contributed by atoms with Gasteiger partial charge in [-0.1, -0.05) is 23.4 Å². The fourth-order valence-electron chi connectivity index (χ4n) is 1.05. The monoisotopic (exact) mass is 188 g/mol. The molecule has 0 radical (unpaired) electrons. The van der Waals surface area contributed by atoms with E-state index >= 15 is 0 Å². The van der Waals surface area contributed by atoms with E-state index < -0.39 is 0 Å². The molecule has 0 aliphatic heterocycles. The van der Waals surface area contributed by atoms with Crippen molar-refractivity contribution in [3.63, 3.8) is 0 Å². The fraction of sp³-hybridized carbons (Fsp3) is 0. The minimum absolute atomic E-state index is 0.272. The molecule has 0 unspecified atom stereocenters. The van der Waals surface area contributed by atoms with Gasteiger partial charge in [0, 0.05) is 11.8 Å². The number of aromatic nitrogens is 1. The molecule has 4 heteroatoms. The van der Waals surface area contributed by atoms with Gasteiger partial charge in [0.05, 0.1) is 0 Å². The van der Waals surface area contributed by atoms with Gasteiger partial charge in [0.25, 0.3) is 5.91 Å². The Labute approximate surface area is 80.5 Å². The highest BCUT2D eigenvalue weighted by Crippen LogP contribution is 2.06. The lowest BCUT2D eigenvalue weighted by Crippen LogP contribution is -2.11. The zero-order chi connectivity index (χ0) is 9.80. The maximum atomic E-state index is 11.4. The van der Waals surface area contributed by atoms with Gasteiger partial charge in [-0.3, -0.25) is 4.79 Å². The summed E-state index contributed by atoms with van der Waals surface area (Å²) in [5.74, 6) is -0.273. The summed E-state index contributed by atoms with van der Waals surface area (Å²) in [6, 6.07) is 10.7. The van der Waals surface area contributed by atoms with Crippen LogP contribution in [0.5, 0.6) is 0 Å². The van der Waals surface area contributed by atoms with Gasteiger partial charge < -0.3 is 9.84 Å². The highest BCUT2D eigenvalue weighted by Gasteiger charge is 2.07. The standard InChI is InChI=1S/C10H8N2O2/c13-10(9-6-7-14-12-9)11-8-4-2-1-3-5-8/h1-7H,(H,11,13). The van der Waals surface area contributed by atoms with Crippen LogP contribution in [0.25, 0.3) is 0 Å². The first-order valence-electron chi connectivity index (χ1n) is 4.13. The Morgan fingerprint density at radius 3 is 2.64 bits per heavy atom. The second-order valence-electron chi connectivity index (χ2n) is 2.70. The van der Waals surface area contributed by atoms with Gasteiger partial charge in [-0.05, 0) is 12.1 Å². The zero-order valence-electron chi connectivity index (χ0n) is 7.31. The molecule has 0 aliphatic rings. The number of para-hydroxylation sites is 1. The van der Waals surface area contributed by atoms with E-state index in [1.807, 2.05) is 18.2 Å². The highest BCUT2D eigenvalue weighted by molar-refractivity contribution is 6.02. The third-order valence-corrected chi connectivity index (χ3v) is 1.70. The molecule has 4 nitrogen and oxygen atoms in total. The molecule has 1 heterocycles. The van der Waals surface area contributed by atoms with Crippen LogP contribution in [-0.2, 0) is 0 Å². The van der Waals surface area contributed by atoms with Gasteiger partial charge in [0.15, 0.2) is 5.69 Å². The van der Waals surface area contributed by atoms with Gasteiger partial charge in [-0.25, -0.2) is 0 Å². The lowest BCUT2D eigenvalue weighted by molar-refractivity contribution is 0.101. The first kappa shape index (κ1) is 8.50. The van der Waals surface area contributed by atoms with Crippen LogP contribution in [0.3, 0.4) is 0 Å². The lowest BCUT2D eigenvalue weighted by atomic mass is 10.3. The number of nitrogens with zero attached hydrogens (tertiary/aromatic N) is 1. The molecule has 0 atom stereocenters. The smallest absolute Gasteiger partial charge is 0.277 e. The molecule has 2 aromatic rings. The first-order valence-corrected chi connectivity index (χ1v) is 4.13. The van der Waals surface area contributed by atoms with Crippen molar-refractivity contribution >= 4 is 11.6 Å². The summed E-state index contributed by atoms with van der Waals surface area (Å²) in [7, 11) is 0. The summed E-state index contributed by atoms with van der Waals surface area (Å²) >= 11 is 0.